The third kappa shape index (κ3) is 2.92. The number of carbonyl (C=O) groups excluding carboxylic acids is 1. The number of benzene rings is 1. The van der Waals surface area contributed by atoms with Crippen molar-refractivity contribution < 1.29 is 4.79 Å². The van der Waals surface area contributed by atoms with Gasteiger partial charge >= 0.3 is 0 Å². The summed E-state index contributed by atoms with van der Waals surface area (Å²) in [4.78, 5) is 27.4. The quantitative estimate of drug-likeness (QED) is 0.709. The van der Waals surface area contributed by atoms with Gasteiger partial charge in [-0.1, -0.05) is 18.3 Å². The zero-order valence-corrected chi connectivity index (χ0v) is 14.0. The molecule has 0 atom stereocenters. The average molecular weight is 347 g/mol. The highest BCUT2D eigenvalue weighted by molar-refractivity contribution is 7.71. The van der Waals surface area contributed by atoms with Crippen molar-refractivity contribution in [3.8, 4) is 0 Å². The maximum atomic E-state index is 12.3. The van der Waals surface area contributed by atoms with Gasteiger partial charge in [-0.25, -0.2) is 0 Å². The Balaban J connectivity index is 1.96. The topological polar surface area (TPSA) is 92.7 Å². The number of fused-ring (bicyclic) bond motifs is 1. The second-order valence-electron chi connectivity index (χ2n) is 4.86. The molecule has 0 fully saturated rings. The number of H-pyrrole nitrogens is 1. The van der Waals surface area contributed by atoms with Crippen LogP contribution < -0.4 is 10.9 Å². The van der Waals surface area contributed by atoms with Gasteiger partial charge in [0.1, 0.15) is 5.01 Å². The van der Waals surface area contributed by atoms with Crippen molar-refractivity contribution in [1.82, 2.24) is 19.7 Å². The molecule has 2 heterocycles. The molecule has 118 valence electrons. The van der Waals surface area contributed by atoms with Crippen LogP contribution in [0.5, 0.6) is 0 Å². The maximum absolute atomic E-state index is 12.3. The van der Waals surface area contributed by atoms with E-state index in [2.05, 4.69) is 20.5 Å². The minimum atomic E-state index is -0.314. The van der Waals surface area contributed by atoms with Crippen LogP contribution in [0.3, 0.4) is 0 Å². The van der Waals surface area contributed by atoms with Crippen molar-refractivity contribution >= 4 is 45.5 Å². The van der Waals surface area contributed by atoms with Crippen molar-refractivity contribution in [3.05, 3.63) is 43.9 Å². The fourth-order valence-electron chi connectivity index (χ4n) is 2.06. The van der Waals surface area contributed by atoms with Crippen LogP contribution in [-0.2, 0) is 13.5 Å². The van der Waals surface area contributed by atoms with Gasteiger partial charge in [0.15, 0.2) is 4.77 Å². The number of nitrogens with zero attached hydrogens (tertiary/aromatic N) is 3. The minimum absolute atomic E-state index is 0.201. The second kappa shape index (κ2) is 6.01. The first-order valence-corrected chi connectivity index (χ1v) is 8.09. The van der Waals surface area contributed by atoms with Crippen LogP contribution in [-0.4, -0.2) is 25.7 Å². The Labute approximate surface area is 140 Å². The van der Waals surface area contributed by atoms with Gasteiger partial charge in [-0.05, 0) is 36.8 Å². The van der Waals surface area contributed by atoms with E-state index in [9.17, 15) is 9.59 Å². The summed E-state index contributed by atoms with van der Waals surface area (Å²) in [6.45, 7) is 1.97. The normalized spacial score (nSPS) is 10.9. The van der Waals surface area contributed by atoms with Crippen LogP contribution in [0.15, 0.2) is 23.0 Å². The predicted octanol–water partition coefficient (Wildman–Crippen LogP) is 2.26. The molecule has 0 aliphatic carbocycles. The average Bonchev–Trinajstić information content (AvgIpc) is 2.99. The van der Waals surface area contributed by atoms with E-state index < -0.39 is 0 Å². The number of carbonyl (C=O) groups is 1. The first kappa shape index (κ1) is 15.5. The zero-order chi connectivity index (χ0) is 16.6. The summed E-state index contributed by atoms with van der Waals surface area (Å²) >= 11 is 6.42. The monoisotopic (exact) mass is 347 g/mol. The Morgan fingerprint density at radius 1 is 1.43 bits per heavy atom. The Morgan fingerprint density at radius 3 is 2.91 bits per heavy atom. The summed E-state index contributed by atoms with van der Waals surface area (Å²) in [6, 6.07) is 4.80. The van der Waals surface area contributed by atoms with Crippen molar-refractivity contribution in [2.24, 2.45) is 7.05 Å². The number of amides is 1. The molecule has 0 radical (unpaired) electrons. The lowest BCUT2D eigenvalue weighted by molar-refractivity contribution is 0.102. The van der Waals surface area contributed by atoms with Crippen LogP contribution in [0.1, 0.15) is 22.3 Å². The Hall–Kier alpha value is -2.39. The van der Waals surface area contributed by atoms with E-state index in [1.54, 1.807) is 25.2 Å². The molecule has 0 spiro atoms. The Kier molecular flexibility index (Phi) is 4.05. The molecule has 2 aromatic heterocycles. The molecule has 3 rings (SSSR count). The molecule has 0 aliphatic heterocycles. The molecule has 0 aliphatic rings. The minimum Gasteiger partial charge on any atom is -0.332 e. The molecule has 7 nitrogen and oxygen atoms in total. The number of nitrogens with one attached hydrogen (secondary N) is 2. The fraction of sp³-hybridized carbons (Fsp3) is 0.214. The molecule has 0 bridgehead atoms. The van der Waals surface area contributed by atoms with Crippen LogP contribution in [0.2, 0.25) is 0 Å². The number of anilines is 1. The van der Waals surface area contributed by atoms with E-state index >= 15 is 0 Å². The zero-order valence-electron chi connectivity index (χ0n) is 12.4. The van der Waals surface area contributed by atoms with Gasteiger partial charge in [0, 0.05) is 12.6 Å². The lowest BCUT2D eigenvalue weighted by Gasteiger charge is -2.05. The molecule has 9 heteroatoms. The molecule has 2 N–H and O–H groups in total. The molecule has 0 saturated carbocycles. The Bertz CT molecular complexity index is 1020. The molecular formula is C14H13N5O2S2. The van der Waals surface area contributed by atoms with Crippen LogP contribution in [0.25, 0.3) is 10.9 Å². The molecule has 23 heavy (non-hydrogen) atoms. The van der Waals surface area contributed by atoms with E-state index in [1.165, 1.54) is 15.9 Å². The van der Waals surface area contributed by atoms with E-state index in [1.807, 2.05) is 6.92 Å². The summed E-state index contributed by atoms with van der Waals surface area (Å²) in [6.07, 6.45) is 0.767. The van der Waals surface area contributed by atoms with Gasteiger partial charge in [0.05, 0.1) is 10.9 Å². The number of hydrogen-bond acceptors (Lipinski definition) is 6. The van der Waals surface area contributed by atoms with E-state index in [0.29, 0.717) is 26.4 Å². The molecule has 1 amide bonds. The van der Waals surface area contributed by atoms with Crippen molar-refractivity contribution in [1.29, 1.82) is 0 Å². The molecule has 0 saturated heterocycles. The van der Waals surface area contributed by atoms with E-state index in [0.717, 1.165) is 11.4 Å². The van der Waals surface area contributed by atoms with Crippen LogP contribution in [0.4, 0.5) is 5.13 Å². The van der Waals surface area contributed by atoms with Gasteiger partial charge in [-0.15, -0.1) is 10.2 Å². The van der Waals surface area contributed by atoms with Crippen molar-refractivity contribution in [3.63, 3.8) is 0 Å². The number of hydrogen-bond donors (Lipinski definition) is 2. The summed E-state index contributed by atoms with van der Waals surface area (Å²) < 4.78 is 1.65. The number of aryl methyl sites for hydroxylation is 1. The number of aromatic nitrogens is 4. The van der Waals surface area contributed by atoms with Crippen molar-refractivity contribution in [2.45, 2.75) is 13.3 Å². The third-order valence-corrected chi connectivity index (χ3v) is 4.71. The van der Waals surface area contributed by atoms with Gasteiger partial charge in [-0.2, -0.15) is 0 Å². The number of rotatable bonds is 3. The number of aromatic amines is 1. The lowest BCUT2D eigenvalue weighted by atomic mass is 10.1. The molecular weight excluding hydrogens is 334 g/mol. The third-order valence-electron chi connectivity index (χ3n) is 3.35. The highest BCUT2D eigenvalue weighted by Crippen LogP contribution is 2.17. The predicted molar refractivity (Wildman–Crippen MR) is 91.6 cm³/mol. The smallest absolute Gasteiger partial charge is 0.261 e. The molecule has 0 unspecified atom stereocenters. The fourth-order valence-corrected chi connectivity index (χ4v) is 2.93. The SMILES string of the molecule is CCc1nnc(NC(=O)c2ccc3c(=O)n(C)c(=S)[nH]c3c2)s1. The van der Waals surface area contributed by atoms with Gasteiger partial charge < -0.3 is 4.98 Å². The highest BCUT2D eigenvalue weighted by Gasteiger charge is 2.12. The summed E-state index contributed by atoms with van der Waals surface area (Å²) in [7, 11) is 1.60. The Morgan fingerprint density at radius 2 is 2.22 bits per heavy atom. The summed E-state index contributed by atoms with van der Waals surface area (Å²) in [5.74, 6) is -0.314. The van der Waals surface area contributed by atoms with Crippen molar-refractivity contribution in [2.75, 3.05) is 5.32 Å². The van der Waals surface area contributed by atoms with Gasteiger partial charge in [0.2, 0.25) is 5.13 Å². The first-order valence-electron chi connectivity index (χ1n) is 6.86. The lowest BCUT2D eigenvalue weighted by Crippen LogP contribution is -2.19. The first-order chi connectivity index (χ1) is 11.0. The second-order valence-corrected chi connectivity index (χ2v) is 6.31. The molecule has 1 aromatic carbocycles. The standard InChI is InChI=1S/C14H13N5O2S2/c1-3-10-17-18-13(23-10)16-11(20)7-4-5-8-9(6-7)15-14(22)19(2)12(8)21/h4-6H,3H2,1-2H3,(H,15,22)(H,16,18,20). The van der Waals surface area contributed by atoms with Gasteiger partial charge in [-0.3, -0.25) is 19.5 Å². The maximum Gasteiger partial charge on any atom is 0.261 e. The highest BCUT2D eigenvalue weighted by atomic mass is 32.1. The van der Waals surface area contributed by atoms with Crippen LogP contribution >= 0.6 is 23.6 Å². The van der Waals surface area contributed by atoms with Gasteiger partial charge in [0.25, 0.3) is 11.5 Å². The summed E-state index contributed by atoms with van der Waals surface area (Å²) in [5.41, 5.74) is 0.731. The molecule has 3 aromatic rings. The van der Waals surface area contributed by atoms with E-state index in [4.69, 9.17) is 12.2 Å². The summed E-state index contributed by atoms with van der Waals surface area (Å²) in [5, 5.41) is 12.3. The van der Waals surface area contributed by atoms with Crippen LogP contribution in [0, 0.1) is 4.77 Å². The largest absolute Gasteiger partial charge is 0.332 e. The van der Waals surface area contributed by atoms with E-state index in [-0.39, 0.29) is 11.5 Å².